The van der Waals surface area contributed by atoms with Crippen LogP contribution in [-0.2, 0) is 25.8 Å². The van der Waals surface area contributed by atoms with Crippen molar-refractivity contribution in [1.29, 1.82) is 0 Å². The normalized spacial score (nSPS) is 19.0. The molecule has 0 atom stereocenters. The van der Waals surface area contributed by atoms with Gasteiger partial charge in [-0.15, -0.1) is 0 Å². The van der Waals surface area contributed by atoms with Gasteiger partial charge in [-0.25, -0.2) is 25.4 Å². The molecule has 0 amide bonds. The summed E-state index contributed by atoms with van der Waals surface area (Å²) >= 11 is 0. The Bertz CT molecular complexity index is 712. The highest BCUT2D eigenvalue weighted by Gasteiger charge is 2.28. The van der Waals surface area contributed by atoms with Gasteiger partial charge in [-0.2, -0.15) is 0 Å². The minimum Gasteiger partial charge on any atom is -0.213 e. The summed E-state index contributed by atoms with van der Waals surface area (Å²) in [6, 6.07) is 7.40. The molecule has 1 fully saturated rings. The molecule has 1 saturated heterocycles. The number of rotatable bonds is 4. The molecular weight excluding hydrogens is 324 g/mol. The average molecular weight is 346 g/mol. The Balaban J connectivity index is 2.08. The van der Waals surface area contributed by atoms with Crippen molar-refractivity contribution in [3.8, 4) is 0 Å². The van der Waals surface area contributed by atoms with E-state index in [1.807, 2.05) is 31.2 Å². The fraction of sp³-hybridized carbons (Fsp3) is 0.571. The van der Waals surface area contributed by atoms with Gasteiger partial charge in [0.15, 0.2) is 0 Å². The number of nitrogens with zero attached hydrogens (tertiary/aromatic N) is 2. The summed E-state index contributed by atoms with van der Waals surface area (Å²) in [6.45, 7) is 3.11. The van der Waals surface area contributed by atoms with E-state index in [0.29, 0.717) is 19.5 Å². The van der Waals surface area contributed by atoms with Crippen molar-refractivity contribution in [2.24, 2.45) is 0 Å². The van der Waals surface area contributed by atoms with E-state index in [4.69, 9.17) is 0 Å². The second-order valence-electron chi connectivity index (χ2n) is 5.66. The number of benzene rings is 1. The van der Waals surface area contributed by atoms with Crippen LogP contribution in [0.1, 0.15) is 17.5 Å². The summed E-state index contributed by atoms with van der Waals surface area (Å²) in [5.41, 5.74) is 1.83. The first kappa shape index (κ1) is 17.4. The van der Waals surface area contributed by atoms with Crippen LogP contribution in [0.3, 0.4) is 0 Å². The van der Waals surface area contributed by atoms with Crippen LogP contribution in [0, 0.1) is 6.92 Å². The van der Waals surface area contributed by atoms with E-state index in [1.54, 1.807) is 0 Å². The molecule has 124 valence electrons. The number of hydrogen-bond acceptors (Lipinski definition) is 4. The summed E-state index contributed by atoms with van der Waals surface area (Å²) in [5.74, 6) is -0.0494. The van der Waals surface area contributed by atoms with Crippen LogP contribution < -0.4 is 0 Å². The van der Waals surface area contributed by atoms with E-state index >= 15 is 0 Å². The maximum atomic E-state index is 12.5. The molecule has 0 N–H and O–H groups in total. The highest BCUT2D eigenvalue weighted by atomic mass is 32.2. The quantitative estimate of drug-likeness (QED) is 0.808. The molecule has 0 radical (unpaired) electrons. The van der Waals surface area contributed by atoms with Crippen molar-refractivity contribution in [3.05, 3.63) is 35.4 Å². The number of hydrogen-bond donors (Lipinski definition) is 0. The summed E-state index contributed by atoms with van der Waals surface area (Å²) in [5, 5.41) is 0. The van der Waals surface area contributed by atoms with Crippen molar-refractivity contribution >= 4 is 20.0 Å². The van der Waals surface area contributed by atoms with Crippen LogP contribution in [0.4, 0.5) is 0 Å². The maximum Gasteiger partial charge on any atom is 0.218 e. The van der Waals surface area contributed by atoms with Crippen LogP contribution in [0.2, 0.25) is 0 Å². The largest absolute Gasteiger partial charge is 0.218 e. The molecule has 6 nitrogen and oxygen atoms in total. The van der Waals surface area contributed by atoms with Crippen LogP contribution in [0.5, 0.6) is 0 Å². The SMILES string of the molecule is Cc1ccc(CS(=O)(=O)N2CCCN(S(C)(=O)=O)CC2)cc1. The molecule has 8 heteroatoms. The molecule has 0 saturated carbocycles. The monoisotopic (exact) mass is 346 g/mol. The second kappa shape index (κ2) is 6.66. The summed E-state index contributed by atoms with van der Waals surface area (Å²) < 4.78 is 50.9. The van der Waals surface area contributed by atoms with Gasteiger partial charge >= 0.3 is 0 Å². The molecule has 22 heavy (non-hydrogen) atoms. The Kier molecular flexibility index (Phi) is 5.26. The third-order valence-electron chi connectivity index (χ3n) is 3.75. The van der Waals surface area contributed by atoms with Gasteiger partial charge in [0.05, 0.1) is 12.0 Å². The van der Waals surface area contributed by atoms with Gasteiger partial charge in [-0.05, 0) is 18.9 Å². The fourth-order valence-corrected chi connectivity index (χ4v) is 4.90. The lowest BCUT2D eigenvalue weighted by molar-refractivity contribution is 0.406. The molecular formula is C14H22N2O4S2. The Morgan fingerprint density at radius 3 is 2.05 bits per heavy atom. The van der Waals surface area contributed by atoms with E-state index in [-0.39, 0.29) is 18.8 Å². The van der Waals surface area contributed by atoms with E-state index < -0.39 is 20.0 Å². The van der Waals surface area contributed by atoms with Crippen LogP contribution >= 0.6 is 0 Å². The molecule has 0 aromatic heterocycles. The van der Waals surface area contributed by atoms with E-state index in [9.17, 15) is 16.8 Å². The molecule has 1 aromatic carbocycles. The molecule has 2 rings (SSSR count). The van der Waals surface area contributed by atoms with Gasteiger partial charge < -0.3 is 0 Å². The predicted octanol–water partition coefficient (Wildman–Crippen LogP) is 0.792. The highest BCUT2D eigenvalue weighted by molar-refractivity contribution is 7.88. The lowest BCUT2D eigenvalue weighted by Crippen LogP contribution is -2.37. The molecule has 1 aliphatic rings. The minimum atomic E-state index is -3.43. The number of sulfonamides is 2. The van der Waals surface area contributed by atoms with Gasteiger partial charge in [0.2, 0.25) is 20.0 Å². The van der Waals surface area contributed by atoms with Crippen molar-refractivity contribution in [2.75, 3.05) is 32.4 Å². The zero-order valence-corrected chi connectivity index (χ0v) is 14.5. The first-order valence-electron chi connectivity index (χ1n) is 7.17. The molecule has 0 aliphatic carbocycles. The van der Waals surface area contributed by atoms with Crippen LogP contribution in [0.15, 0.2) is 24.3 Å². The zero-order valence-electron chi connectivity index (χ0n) is 12.9. The van der Waals surface area contributed by atoms with E-state index in [2.05, 4.69) is 0 Å². The smallest absolute Gasteiger partial charge is 0.213 e. The van der Waals surface area contributed by atoms with Crippen LogP contribution in [-0.4, -0.2) is 57.9 Å². The van der Waals surface area contributed by atoms with Gasteiger partial charge in [0, 0.05) is 26.2 Å². The Morgan fingerprint density at radius 1 is 0.909 bits per heavy atom. The average Bonchev–Trinajstić information content (AvgIpc) is 2.67. The summed E-state index contributed by atoms with van der Waals surface area (Å²) in [7, 11) is -6.70. The maximum absolute atomic E-state index is 12.5. The van der Waals surface area contributed by atoms with Crippen molar-refractivity contribution < 1.29 is 16.8 Å². The Morgan fingerprint density at radius 2 is 1.45 bits per heavy atom. The van der Waals surface area contributed by atoms with Gasteiger partial charge in [-0.1, -0.05) is 29.8 Å². The third-order valence-corrected chi connectivity index (χ3v) is 6.90. The third kappa shape index (κ3) is 4.52. The molecule has 1 aromatic rings. The lowest BCUT2D eigenvalue weighted by atomic mass is 10.2. The van der Waals surface area contributed by atoms with Gasteiger partial charge in [0.1, 0.15) is 0 Å². The van der Waals surface area contributed by atoms with E-state index in [0.717, 1.165) is 17.4 Å². The first-order chi connectivity index (χ1) is 10.2. The molecule has 1 heterocycles. The number of aryl methyl sites for hydroxylation is 1. The van der Waals surface area contributed by atoms with Crippen molar-refractivity contribution in [2.45, 2.75) is 19.1 Å². The van der Waals surface area contributed by atoms with Gasteiger partial charge in [0.25, 0.3) is 0 Å². The van der Waals surface area contributed by atoms with Gasteiger partial charge in [-0.3, -0.25) is 0 Å². The molecule has 0 bridgehead atoms. The summed E-state index contributed by atoms with van der Waals surface area (Å²) in [6.07, 6.45) is 1.67. The molecule has 0 spiro atoms. The minimum absolute atomic E-state index is 0.0494. The standard InChI is InChI=1S/C14H22N2O4S2/c1-13-4-6-14(7-5-13)12-22(19,20)16-9-3-8-15(10-11-16)21(2,17)18/h4-7H,3,8-12H2,1-2H3. The topological polar surface area (TPSA) is 74.8 Å². The molecule has 1 aliphatic heterocycles. The first-order valence-corrected chi connectivity index (χ1v) is 10.6. The van der Waals surface area contributed by atoms with E-state index in [1.165, 1.54) is 8.61 Å². The highest BCUT2D eigenvalue weighted by Crippen LogP contribution is 2.15. The molecule has 0 unspecified atom stereocenters. The zero-order chi connectivity index (χ0) is 16.4. The Hall–Kier alpha value is -0.960. The predicted molar refractivity (Wildman–Crippen MR) is 86.4 cm³/mol. The van der Waals surface area contributed by atoms with Crippen molar-refractivity contribution in [1.82, 2.24) is 8.61 Å². The van der Waals surface area contributed by atoms with Crippen molar-refractivity contribution in [3.63, 3.8) is 0 Å². The lowest BCUT2D eigenvalue weighted by Gasteiger charge is -2.20. The Labute approximate surface area is 132 Å². The van der Waals surface area contributed by atoms with Crippen LogP contribution in [0.25, 0.3) is 0 Å². The summed E-state index contributed by atoms with van der Waals surface area (Å²) in [4.78, 5) is 0. The fourth-order valence-electron chi connectivity index (χ4n) is 2.47. The second-order valence-corrected chi connectivity index (χ2v) is 9.61.